The molecule has 6 nitrogen and oxygen atoms in total. The number of para-hydroxylation sites is 2. The minimum atomic E-state index is -2.92. The van der Waals surface area contributed by atoms with Gasteiger partial charge in [-0.3, -0.25) is 9.59 Å². The molecule has 146 valence electrons. The van der Waals surface area contributed by atoms with Crippen LogP contribution in [0.4, 0.5) is 8.78 Å². The van der Waals surface area contributed by atoms with Crippen molar-refractivity contribution in [3.63, 3.8) is 0 Å². The van der Waals surface area contributed by atoms with Gasteiger partial charge in [0.2, 0.25) is 5.91 Å². The minimum absolute atomic E-state index is 0.0377. The van der Waals surface area contributed by atoms with E-state index >= 15 is 0 Å². The number of hydrogen-bond donors (Lipinski definition) is 2. The molecule has 3 aromatic rings. The molecule has 0 aliphatic carbocycles. The fourth-order valence-corrected chi connectivity index (χ4v) is 2.81. The molecule has 2 N–H and O–H groups in total. The van der Waals surface area contributed by atoms with Gasteiger partial charge in [-0.1, -0.05) is 30.3 Å². The van der Waals surface area contributed by atoms with Gasteiger partial charge in [0.15, 0.2) is 0 Å². The third-order valence-electron chi connectivity index (χ3n) is 4.14. The third kappa shape index (κ3) is 5.12. The Balaban J connectivity index is 1.51. The Morgan fingerprint density at radius 1 is 1.14 bits per heavy atom. The van der Waals surface area contributed by atoms with E-state index in [1.54, 1.807) is 36.4 Å². The van der Waals surface area contributed by atoms with Gasteiger partial charge in [0.1, 0.15) is 11.6 Å². The molecule has 0 saturated carbocycles. The number of rotatable bonds is 8. The summed E-state index contributed by atoms with van der Waals surface area (Å²) in [5.74, 6) is 0.331. The molecule has 1 amide bonds. The predicted molar refractivity (Wildman–Crippen MR) is 100 cm³/mol. The number of benzene rings is 2. The highest BCUT2D eigenvalue weighted by Gasteiger charge is 2.10. The molecular formula is C20H19F2N3O3. The summed E-state index contributed by atoms with van der Waals surface area (Å²) >= 11 is 0. The number of hydrogen-bond acceptors (Lipinski definition) is 4. The summed E-state index contributed by atoms with van der Waals surface area (Å²) in [6, 6.07) is 13.3. The van der Waals surface area contributed by atoms with Crippen molar-refractivity contribution in [2.45, 2.75) is 32.4 Å². The Bertz CT molecular complexity index is 1020. The lowest BCUT2D eigenvalue weighted by molar-refractivity contribution is -0.121. The fourth-order valence-electron chi connectivity index (χ4n) is 2.81. The van der Waals surface area contributed by atoms with Crippen LogP contribution in [0.5, 0.6) is 5.75 Å². The minimum Gasteiger partial charge on any atom is -0.434 e. The number of nitrogens with zero attached hydrogens (tertiary/aromatic N) is 1. The Morgan fingerprint density at radius 2 is 1.89 bits per heavy atom. The van der Waals surface area contributed by atoms with Gasteiger partial charge in [0.05, 0.1) is 10.9 Å². The van der Waals surface area contributed by atoms with Crippen molar-refractivity contribution in [2.24, 2.45) is 0 Å². The Labute approximate surface area is 159 Å². The molecule has 0 aliphatic heterocycles. The first-order valence-electron chi connectivity index (χ1n) is 8.80. The maximum absolute atomic E-state index is 12.4. The zero-order chi connectivity index (χ0) is 19.9. The van der Waals surface area contributed by atoms with Crippen molar-refractivity contribution >= 4 is 16.8 Å². The second-order valence-electron chi connectivity index (χ2n) is 6.15. The first-order chi connectivity index (χ1) is 13.5. The second kappa shape index (κ2) is 9.07. The molecule has 0 atom stereocenters. The van der Waals surface area contributed by atoms with E-state index in [0.717, 1.165) is 0 Å². The van der Waals surface area contributed by atoms with Crippen molar-refractivity contribution < 1.29 is 18.3 Å². The predicted octanol–water partition coefficient (Wildman–Crippen LogP) is 3.16. The molecule has 1 heterocycles. The lowest BCUT2D eigenvalue weighted by Crippen LogP contribution is -2.23. The zero-order valence-corrected chi connectivity index (χ0v) is 15.0. The molecule has 0 saturated heterocycles. The summed E-state index contributed by atoms with van der Waals surface area (Å²) in [5, 5.41) is 3.21. The second-order valence-corrected chi connectivity index (χ2v) is 6.15. The van der Waals surface area contributed by atoms with Gasteiger partial charge in [0.25, 0.3) is 5.56 Å². The van der Waals surface area contributed by atoms with Gasteiger partial charge >= 0.3 is 6.61 Å². The van der Waals surface area contributed by atoms with Crippen molar-refractivity contribution in [1.29, 1.82) is 0 Å². The number of alkyl halides is 2. The molecule has 3 rings (SSSR count). The van der Waals surface area contributed by atoms with Gasteiger partial charge in [0, 0.05) is 24.9 Å². The monoisotopic (exact) mass is 387 g/mol. The fraction of sp³-hybridized carbons (Fsp3) is 0.250. The van der Waals surface area contributed by atoms with E-state index in [0.29, 0.717) is 35.1 Å². The van der Waals surface area contributed by atoms with E-state index in [2.05, 4.69) is 20.0 Å². The highest BCUT2D eigenvalue weighted by atomic mass is 19.3. The highest BCUT2D eigenvalue weighted by molar-refractivity contribution is 5.77. The van der Waals surface area contributed by atoms with E-state index in [9.17, 15) is 18.4 Å². The van der Waals surface area contributed by atoms with E-state index in [-0.39, 0.29) is 30.2 Å². The van der Waals surface area contributed by atoms with Crippen LogP contribution in [0.2, 0.25) is 0 Å². The summed E-state index contributed by atoms with van der Waals surface area (Å²) in [4.78, 5) is 31.2. The number of halogens is 2. The van der Waals surface area contributed by atoms with Gasteiger partial charge in [-0.25, -0.2) is 4.98 Å². The number of aromatic amines is 1. The van der Waals surface area contributed by atoms with E-state index < -0.39 is 6.61 Å². The maximum Gasteiger partial charge on any atom is 0.387 e. The molecule has 2 aromatic carbocycles. The molecule has 0 radical (unpaired) electrons. The first-order valence-corrected chi connectivity index (χ1v) is 8.80. The lowest BCUT2D eigenvalue weighted by Gasteiger charge is -2.11. The van der Waals surface area contributed by atoms with Gasteiger partial charge in [-0.05, 0) is 24.6 Å². The lowest BCUT2D eigenvalue weighted by atomic mass is 10.2. The quantitative estimate of drug-likeness (QED) is 0.622. The summed E-state index contributed by atoms with van der Waals surface area (Å²) < 4.78 is 29.3. The normalized spacial score (nSPS) is 11.0. The Kier molecular flexibility index (Phi) is 6.31. The topological polar surface area (TPSA) is 84.1 Å². The number of carbonyl (C=O) groups excluding carboxylic acids is 1. The van der Waals surface area contributed by atoms with Gasteiger partial charge in [-0.2, -0.15) is 8.78 Å². The summed E-state index contributed by atoms with van der Waals surface area (Å²) in [5.41, 5.74) is 0.874. The SMILES string of the molecule is O=C(CCCc1nc2ccccc2c(=O)[nH]1)NCc1ccccc1OC(F)F. The molecule has 0 unspecified atom stereocenters. The highest BCUT2D eigenvalue weighted by Crippen LogP contribution is 2.20. The molecule has 1 aromatic heterocycles. The number of nitrogens with one attached hydrogen (secondary N) is 2. The molecule has 8 heteroatoms. The average Bonchev–Trinajstić information content (AvgIpc) is 2.67. The van der Waals surface area contributed by atoms with Crippen LogP contribution in [0.15, 0.2) is 53.3 Å². The summed E-state index contributed by atoms with van der Waals surface area (Å²) in [6.45, 7) is -2.83. The van der Waals surface area contributed by atoms with Crippen molar-refractivity contribution in [3.05, 3.63) is 70.3 Å². The maximum atomic E-state index is 12.4. The largest absolute Gasteiger partial charge is 0.434 e. The van der Waals surface area contributed by atoms with E-state index in [4.69, 9.17) is 0 Å². The zero-order valence-electron chi connectivity index (χ0n) is 15.0. The van der Waals surface area contributed by atoms with Crippen molar-refractivity contribution in [3.8, 4) is 5.75 Å². The third-order valence-corrected chi connectivity index (χ3v) is 4.14. The number of carbonyl (C=O) groups is 1. The van der Waals surface area contributed by atoms with E-state index in [1.165, 1.54) is 6.07 Å². The number of fused-ring (bicyclic) bond motifs is 1. The van der Waals surface area contributed by atoms with Crippen LogP contribution in [0.25, 0.3) is 10.9 Å². The average molecular weight is 387 g/mol. The standard InChI is InChI=1S/C20H19F2N3O3/c21-20(22)28-16-9-4-1-6-13(16)12-23-18(26)11-5-10-17-24-15-8-3-2-7-14(15)19(27)25-17/h1-4,6-9,20H,5,10-12H2,(H,23,26)(H,24,25,27). The first kappa shape index (κ1) is 19.5. The molecule has 0 bridgehead atoms. The molecule has 0 spiro atoms. The van der Waals surface area contributed by atoms with Crippen LogP contribution in [0.3, 0.4) is 0 Å². The van der Waals surface area contributed by atoms with Gasteiger partial charge < -0.3 is 15.0 Å². The molecular weight excluding hydrogens is 368 g/mol. The van der Waals surface area contributed by atoms with Crippen LogP contribution in [-0.2, 0) is 17.8 Å². The number of H-pyrrole nitrogens is 1. The van der Waals surface area contributed by atoms with Crippen molar-refractivity contribution in [1.82, 2.24) is 15.3 Å². The molecule has 0 aliphatic rings. The van der Waals surface area contributed by atoms with Crippen LogP contribution < -0.4 is 15.6 Å². The number of ether oxygens (including phenoxy) is 1. The molecule has 0 fully saturated rings. The number of amides is 1. The van der Waals surface area contributed by atoms with Gasteiger partial charge in [-0.15, -0.1) is 0 Å². The van der Waals surface area contributed by atoms with E-state index in [1.807, 2.05) is 6.07 Å². The van der Waals surface area contributed by atoms with Crippen LogP contribution in [0, 0.1) is 0 Å². The number of aryl methyl sites for hydroxylation is 1. The molecule has 28 heavy (non-hydrogen) atoms. The number of aromatic nitrogens is 2. The van der Waals surface area contributed by atoms with Crippen LogP contribution >= 0.6 is 0 Å². The summed E-state index contributed by atoms with van der Waals surface area (Å²) in [6.07, 6.45) is 1.15. The van der Waals surface area contributed by atoms with Crippen molar-refractivity contribution in [2.75, 3.05) is 0 Å². The smallest absolute Gasteiger partial charge is 0.387 e. The van der Waals surface area contributed by atoms with Crippen LogP contribution in [0.1, 0.15) is 24.2 Å². The van der Waals surface area contributed by atoms with Crippen LogP contribution in [-0.4, -0.2) is 22.5 Å². The Hall–Kier alpha value is -3.29. The summed E-state index contributed by atoms with van der Waals surface area (Å²) in [7, 11) is 0. The Morgan fingerprint density at radius 3 is 2.71 bits per heavy atom.